The zero-order valence-electron chi connectivity index (χ0n) is 10.2. The van der Waals surface area contributed by atoms with Crippen molar-refractivity contribution < 1.29 is 9.90 Å². The van der Waals surface area contributed by atoms with Gasteiger partial charge in [0.1, 0.15) is 0 Å². The Kier molecular flexibility index (Phi) is 2.71. The SMILES string of the molecule is Nc1nc2ccc(N3CCNCC3)c(C(=O)O)n2n1. The largest absolute Gasteiger partial charge is 0.476 e. The molecule has 0 aromatic carbocycles. The number of fused-ring (bicyclic) bond motifs is 1. The number of rotatable bonds is 2. The molecule has 0 amide bonds. The zero-order valence-corrected chi connectivity index (χ0v) is 10.2. The summed E-state index contributed by atoms with van der Waals surface area (Å²) < 4.78 is 1.29. The minimum atomic E-state index is -1.04. The molecule has 1 saturated heterocycles. The zero-order chi connectivity index (χ0) is 13.4. The van der Waals surface area contributed by atoms with Crippen molar-refractivity contribution in [2.75, 3.05) is 36.8 Å². The fourth-order valence-electron chi connectivity index (χ4n) is 2.32. The third-order valence-electron chi connectivity index (χ3n) is 3.15. The van der Waals surface area contributed by atoms with Crippen molar-refractivity contribution in [3.63, 3.8) is 0 Å². The Morgan fingerprint density at radius 2 is 2.11 bits per heavy atom. The first kappa shape index (κ1) is 11.7. The maximum atomic E-state index is 11.5. The number of carboxylic acid groups (broad SMARTS) is 1. The van der Waals surface area contributed by atoms with Gasteiger partial charge < -0.3 is 21.1 Å². The third-order valence-corrected chi connectivity index (χ3v) is 3.15. The third kappa shape index (κ3) is 1.95. The lowest BCUT2D eigenvalue weighted by molar-refractivity contribution is 0.0688. The molecule has 2 aromatic heterocycles. The van der Waals surface area contributed by atoms with Gasteiger partial charge >= 0.3 is 5.97 Å². The summed E-state index contributed by atoms with van der Waals surface area (Å²) in [5.41, 5.74) is 6.71. The van der Waals surface area contributed by atoms with Crippen LogP contribution in [-0.4, -0.2) is 51.9 Å². The molecule has 0 atom stereocenters. The van der Waals surface area contributed by atoms with Crippen LogP contribution in [-0.2, 0) is 0 Å². The van der Waals surface area contributed by atoms with Crippen LogP contribution in [0.2, 0.25) is 0 Å². The van der Waals surface area contributed by atoms with Crippen LogP contribution in [0.15, 0.2) is 12.1 Å². The summed E-state index contributed by atoms with van der Waals surface area (Å²) in [5, 5.41) is 16.6. The number of carboxylic acids is 1. The molecule has 1 fully saturated rings. The second-order valence-electron chi connectivity index (χ2n) is 4.35. The highest BCUT2D eigenvalue weighted by atomic mass is 16.4. The first-order valence-electron chi connectivity index (χ1n) is 6.01. The van der Waals surface area contributed by atoms with Gasteiger partial charge in [-0.3, -0.25) is 0 Å². The summed E-state index contributed by atoms with van der Waals surface area (Å²) in [6.45, 7) is 3.18. The van der Waals surface area contributed by atoms with Crippen LogP contribution in [0.4, 0.5) is 11.6 Å². The highest BCUT2D eigenvalue weighted by molar-refractivity contribution is 5.93. The molecule has 8 heteroatoms. The van der Waals surface area contributed by atoms with Gasteiger partial charge in [0.15, 0.2) is 11.3 Å². The van der Waals surface area contributed by atoms with Crippen molar-refractivity contribution in [3.05, 3.63) is 17.8 Å². The standard InChI is InChI=1S/C11H14N6O2/c12-11-14-8-2-1-7(16-5-3-13-4-6-16)9(10(18)19)17(8)15-11/h1-2,13H,3-6H2,(H2,12,15)(H,18,19). The summed E-state index contributed by atoms with van der Waals surface area (Å²) in [6.07, 6.45) is 0. The van der Waals surface area contributed by atoms with E-state index in [1.807, 2.05) is 4.90 Å². The lowest BCUT2D eigenvalue weighted by atomic mass is 10.2. The predicted octanol–water partition coefficient (Wildman–Crippen LogP) is -0.581. The van der Waals surface area contributed by atoms with E-state index in [-0.39, 0.29) is 11.6 Å². The Bertz CT molecular complexity index is 631. The number of nitrogens with two attached hydrogens (primary N) is 1. The van der Waals surface area contributed by atoms with Gasteiger partial charge in [-0.25, -0.2) is 9.31 Å². The number of pyridine rings is 1. The van der Waals surface area contributed by atoms with Gasteiger partial charge in [-0.1, -0.05) is 0 Å². The molecule has 4 N–H and O–H groups in total. The summed E-state index contributed by atoms with van der Waals surface area (Å²) in [7, 11) is 0. The second kappa shape index (κ2) is 4.39. The minimum absolute atomic E-state index is 0.0694. The topological polar surface area (TPSA) is 109 Å². The monoisotopic (exact) mass is 262 g/mol. The van der Waals surface area contributed by atoms with E-state index < -0.39 is 5.97 Å². The maximum Gasteiger partial charge on any atom is 0.356 e. The van der Waals surface area contributed by atoms with Crippen LogP contribution in [0, 0.1) is 0 Å². The summed E-state index contributed by atoms with van der Waals surface area (Å²) >= 11 is 0. The van der Waals surface area contributed by atoms with Gasteiger partial charge in [0, 0.05) is 26.2 Å². The van der Waals surface area contributed by atoms with E-state index in [9.17, 15) is 9.90 Å². The van der Waals surface area contributed by atoms with Crippen molar-refractivity contribution >= 4 is 23.3 Å². The normalized spacial score (nSPS) is 15.9. The molecule has 1 aliphatic rings. The van der Waals surface area contributed by atoms with Gasteiger partial charge in [0.2, 0.25) is 5.95 Å². The Labute approximate surface area is 108 Å². The maximum absolute atomic E-state index is 11.5. The number of nitrogen functional groups attached to an aromatic ring is 1. The lowest BCUT2D eigenvalue weighted by Gasteiger charge is -2.30. The first-order chi connectivity index (χ1) is 9.16. The van der Waals surface area contributed by atoms with E-state index in [1.165, 1.54) is 4.52 Å². The number of aromatic nitrogens is 3. The summed E-state index contributed by atoms with van der Waals surface area (Å²) in [4.78, 5) is 17.5. The number of piperazine rings is 1. The van der Waals surface area contributed by atoms with Gasteiger partial charge in [-0.05, 0) is 12.1 Å². The van der Waals surface area contributed by atoms with Crippen LogP contribution < -0.4 is 16.0 Å². The van der Waals surface area contributed by atoms with E-state index in [2.05, 4.69) is 15.4 Å². The molecular formula is C11H14N6O2. The fourth-order valence-corrected chi connectivity index (χ4v) is 2.32. The van der Waals surface area contributed by atoms with E-state index in [1.54, 1.807) is 12.1 Å². The predicted molar refractivity (Wildman–Crippen MR) is 69.4 cm³/mol. The molecule has 0 spiro atoms. The number of hydrogen-bond donors (Lipinski definition) is 3. The number of carbonyl (C=O) groups is 1. The van der Waals surface area contributed by atoms with Crippen molar-refractivity contribution in [2.45, 2.75) is 0 Å². The van der Waals surface area contributed by atoms with Crippen molar-refractivity contribution in [2.24, 2.45) is 0 Å². The molecule has 0 saturated carbocycles. The average molecular weight is 262 g/mol. The summed E-state index contributed by atoms with van der Waals surface area (Å²) in [5.74, 6) is -0.969. The number of anilines is 2. The Morgan fingerprint density at radius 1 is 1.37 bits per heavy atom. The van der Waals surface area contributed by atoms with Crippen molar-refractivity contribution in [3.8, 4) is 0 Å². The molecule has 3 rings (SSSR count). The quantitative estimate of drug-likeness (QED) is 0.664. The minimum Gasteiger partial charge on any atom is -0.476 e. The number of aromatic carboxylic acids is 1. The van der Waals surface area contributed by atoms with Crippen LogP contribution in [0.5, 0.6) is 0 Å². The van der Waals surface area contributed by atoms with Crippen LogP contribution >= 0.6 is 0 Å². The molecule has 0 aliphatic carbocycles. The van der Waals surface area contributed by atoms with Gasteiger partial charge in [0.05, 0.1) is 5.69 Å². The number of nitrogens with zero attached hydrogens (tertiary/aromatic N) is 4. The molecule has 0 bridgehead atoms. The molecule has 3 heterocycles. The highest BCUT2D eigenvalue weighted by Crippen LogP contribution is 2.22. The van der Waals surface area contributed by atoms with E-state index in [0.717, 1.165) is 26.2 Å². The van der Waals surface area contributed by atoms with E-state index >= 15 is 0 Å². The Hall–Kier alpha value is -2.35. The van der Waals surface area contributed by atoms with Crippen LogP contribution in [0.3, 0.4) is 0 Å². The van der Waals surface area contributed by atoms with Gasteiger partial charge in [0.25, 0.3) is 0 Å². The molecule has 2 aromatic rings. The van der Waals surface area contributed by atoms with Crippen LogP contribution in [0.1, 0.15) is 10.5 Å². The van der Waals surface area contributed by atoms with Gasteiger partial charge in [-0.15, -0.1) is 5.10 Å². The number of hydrogen-bond acceptors (Lipinski definition) is 6. The van der Waals surface area contributed by atoms with Gasteiger partial charge in [-0.2, -0.15) is 4.98 Å². The average Bonchev–Trinajstić information content (AvgIpc) is 2.78. The molecule has 0 radical (unpaired) electrons. The molecular weight excluding hydrogens is 248 g/mol. The van der Waals surface area contributed by atoms with Crippen molar-refractivity contribution in [1.29, 1.82) is 0 Å². The second-order valence-corrected chi connectivity index (χ2v) is 4.35. The van der Waals surface area contributed by atoms with E-state index in [4.69, 9.17) is 5.73 Å². The molecule has 1 aliphatic heterocycles. The summed E-state index contributed by atoms with van der Waals surface area (Å²) in [6, 6.07) is 3.49. The Morgan fingerprint density at radius 3 is 2.79 bits per heavy atom. The lowest BCUT2D eigenvalue weighted by Crippen LogP contribution is -2.44. The molecule has 8 nitrogen and oxygen atoms in total. The fraction of sp³-hybridized carbons (Fsp3) is 0.364. The molecule has 0 unspecified atom stereocenters. The highest BCUT2D eigenvalue weighted by Gasteiger charge is 2.22. The van der Waals surface area contributed by atoms with Crippen LogP contribution in [0.25, 0.3) is 5.65 Å². The smallest absolute Gasteiger partial charge is 0.356 e. The first-order valence-corrected chi connectivity index (χ1v) is 6.01. The molecule has 19 heavy (non-hydrogen) atoms. The van der Waals surface area contributed by atoms with E-state index in [0.29, 0.717) is 11.3 Å². The van der Waals surface area contributed by atoms with Crippen molar-refractivity contribution in [1.82, 2.24) is 19.9 Å². The molecule has 100 valence electrons. The number of nitrogens with one attached hydrogen (secondary N) is 1. The Balaban J connectivity index is 2.17.